The van der Waals surface area contributed by atoms with Crippen molar-refractivity contribution in [1.29, 1.82) is 0 Å². The second-order valence-corrected chi connectivity index (χ2v) is 4.85. The van der Waals surface area contributed by atoms with Crippen molar-refractivity contribution in [2.75, 3.05) is 26.2 Å². The maximum Gasteiger partial charge on any atom is 0.316 e. The van der Waals surface area contributed by atoms with Crippen LogP contribution in [-0.4, -0.2) is 41.1 Å². The lowest BCUT2D eigenvalue weighted by molar-refractivity contribution is 0.225. The van der Waals surface area contributed by atoms with Crippen LogP contribution in [0.4, 0.5) is 0 Å². The lowest BCUT2D eigenvalue weighted by Crippen LogP contribution is -2.25. The van der Waals surface area contributed by atoms with Crippen molar-refractivity contribution in [1.82, 2.24) is 14.9 Å². The summed E-state index contributed by atoms with van der Waals surface area (Å²) < 4.78 is 5.54. The number of hydrogen-bond donors (Lipinski definition) is 0. The third-order valence-electron chi connectivity index (χ3n) is 3.15. The molecule has 2 heterocycles. The van der Waals surface area contributed by atoms with Crippen LogP contribution in [0.1, 0.15) is 38.2 Å². The van der Waals surface area contributed by atoms with Crippen molar-refractivity contribution in [2.45, 2.75) is 32.6 Å². The second kappa shape index (κ2) is 5.96. The van der Waals surface area contributed by atoms with E-state index in [2.05, 4.69) is 28.7 Å². The number of rotatable bonds is 5. The number of ether oxygens (including phenoxy) is 1. The molecule has 1 fully saturated rings. The van der Waals surface area contributed by atoms with E-state index in [1.165, 1.54) is 25.9 Å². The molecule has 1 aromatic heterocycles. The third-order valence-corrected chi connectivity index (χ3v) is 3.15. The Bertz CT molecular complexity index is 331. The van der Waals surface area contributed by atoms with Crippen molar-refractivity contribution in [3.05, 3.63) is 18.0 Å². The topological polar surface area (TPSA) is 38.2 Å². The van der Waals surface area contributed by atoms with E-state index in [0.29, 0.717) is 18.5 Å². The first-order chi connectivity index (χ1) is 8.25. The van der Waals surface area contributed by atoms with Crippen LogP contribution < -0.4 is 4.74 Å². The van der Waals surface area contributed by atoms with Gasteiger partial charge in [-0.2, -0.15) is 0 Å². The van der Waals surface area contributed by atoms with Crippen LogP contribution in [0.2, 0.25) is 0 Å². The van der Waals surface area contributed by atoms with Gasteiger partial charge in [0.2, 0.25) is 0 Å². The molecule has 4 nitrogen and oxygen atoms in total. The largest absolute Gasteiger partial charge is 0.462 e. The lowest BCUT2D eigenvalue weighted by Gasteiger charge is -2.14. The Kier molecular flexibility index (Phi) is 4.31. The number of likely N-dealkylation sites (tertiary alicyclic amines) is 1. The van der Waals surface area contributed by atoms with E-state index >= 15 is 0 Å². The molecule has 1 saturated heterocycles. The molecule has 0 unspecified atom stereocenters. The van der Waals surface area contributed by atoms with Crippen LogP contribution in [0.15, 0.2) is 12.4 Å². The van der Waals surface area contributed by atoms with Crippen molar-refractivity contribution < 1.29 is 4.74 Å². The molecule has 2 rings (SSSR count). The number of aromatic nitrogens is 2. The highest BCUT2D eigenvalue weighted by Gasteiger charge is 2.11. The minimum atomic E-state index is 0.466. The summed E-state index contributed by atoms with van der Waals surface area (Å²) in [7, 11) is 0. The van der Waals surface area contributed by atoms with Crippen LogP contribution in [0.3, 0.4) is 0 Å². The van der Waals surface area contributed by atoms with Gasteiger partial charge >= 0.3 is 6.01 Å². The summed E-state index contributed by atoms with van der Waals surface area (Å²) in [5.74, 6) is 0.466. The molecule has 1 aliphatic rings. The van der Waals surface area contributed by atoms with Crippen molar-refractivity contribution >= 4 is 0 Å². The number of hydrogen-bond acceptors (Lipinski definition) is 4. The monoisotopic (exact) mass is 235 g/mol. The van der Waals surface area contributed by atoms with Gasteiger partial charge in [-0.15, -0.1) is 0 Å². The summed E-state index contributed by atoms with van der Waals surface area (Å²) in [6.45, 7) is 8.34. The van der Waals surface area contributed by atoms with Crippen molar-refractivity contribution in [3.8, 4) is 6.01 Å². The summed E-state index contributed by atoms with van der Waals surface area (Å²) in [6, 6.07) is 0.494. The van der Waals surface area contributed by atoms with E-state index in [9.17, 15) is 0 Å². The summed E-state index contributed by atoms with van der Waals surface area (Å²) >= 11 is 0. The summed E-state index contributed by atoms with van der Waals surface area (Å²) in [4.78, 5) is 10.8. The SMILES string of the molecule is CC(C)c1cnc(OCCN2CCCC2)nc1. The molecule has 0 N–H and O–H groups in total. The first-order valence-electron chi connectivity index (χ1n) is 6.43. The van der Waals surface area contributed by atoms with E-state index in [4.69, 9.17) is 4.74 Å². The number of nitrogens with zero attached hydrogens (tertiary/aromatic N) is 3. The predicted molar refractivity (Wildman–Crippen MR) is 67.3 cm³/mol. The van der Waals surface area contributed by atoms with Gasteiger partial charge in [0, 0.05) is 18.9 Å². The molecular weight excluding hydrogens is 214 g/mol. The van der Waals surface area contributed by atoms with Gasteiger partial charge in [0.25, 0.3) is 0 Å². The highest BCUT2D eigenvalue weighted by molar-refractivity contribution is 5.11. The van der Waals surface area contributed by atoms with Gasteiger partial charge in [0.05, 0.1) is 0 Å². The molecule has 94 valence electrons. The van der Waals surface area contributed by atoms with E-state index in [-0.39, 0.29) is 0 Å². The summed E-state index contributed by atoms with van der Waals surface area (Å²) in [6.07, 6.45) is 6.34. The Balaban J connectivity index is 1.74. The van der Waals surface area contributed by atoms with Gasteiger partial charge in [0.15, 0.2) is 0 Å². The average Bonchev–Trinajstić information content (AvgIpc) is 2.83. The second-order valence-electron chi connectivity index (χ2n) is 4.85. The molecule has 0 atom stereocenters. The highest BCUT2D eigenvalue weighted by atomic mass is 16.5. The maximum absolute atomic E-state index is 5.54. The molecule has 0 bridgehead atoms. The lowest BCUT2D eigenvalue weighted by atomic mass is 10.1. The Labute approximate surface area is 103 Å². The fourth-order valence-electron chi connectivity index (χ4n) is 1.97. The molecule has 0 spiro atoms. The van der Waals surface area contributed by atoms with Gasteiger partial charge in [-0.1, -0.05) is 13.8 Å². The van der Waals surface area contributed by atoms with Gasteiger partial charge in [-0.05, 0) is 37.4 Å². The van der Waals surface area contributed by atoms with E-state index < -0.39 is 0 Å². The average molecular weight is 235 g/mol. The summed E-state index contributed by atoms with van der Waals surface area (Å²) in [5, 5.41) is 0. The van der Waals surface area contributed by atoms with Gasteiger partial charge in [-0.25, -0.2) is 9.97 Å². The highest BCUT2D eigenvalue weighted by Crippen LogP contribution is 2.13. The van der Waals surface area contributed by atoms with E-state index in [0.717, 1.165) is 12.1 Å². The smallest absolute Gasteiger partial charge is 0.316 e. The minimum absolute atomic E-state index is 0.466. The molecule has 0 aromatic carbocycles. The van der Waals surface area contributed by atoms with Crippen LogP contribution in [0.25, 0.3) is 0 Å². The van der Waals surface area contributed by atoms with Crippen molar-refractivity contribution in [3.63, 3.8) is 0 Å². The Morgan fingerprint density at radius 1 is 1.24 bits per heavy atom. The maximum atomic E-state index is 5.54. The van der Waals surface area contributed by atoms with E-state index in [1.807, 2.05) is 12.4 Å². The fraction of sp³-hybridized carbons (Fsp3) is 0.692. The molecule has 4 heteroatoms. The molecule has 0 saturated carbocycles. The van der Waals surface area contributed by atoms with Crippen LogP contribution in [0.5, 0.6) is 6.01 Å². The van der Waals surface area contributed by atoms with Gasteiger partial charge < -0.3 is 4.74 Å². The Morgan fingerprint density at radius 3 is 2.47 bits per heavy atom. The zero-order valence-corrected chi connectivity index (χ0v) is 10.7. The molecular formula is C13H21N3O. The molecule has 1 aromatic rings. The van der Waals surface area contributed by atoms with Crippen LogP contribution in [-0.2, 0) is 0 Å². The molecule has 0 aliphatic carbocycles. The molecule has 0 radical (unpaired) electrons. The van der Waals surface area contributed by atoms with Gasteiger partial charge in [0.1, 0.15) is 6.61 Å². The Morgan fingerprint density at radius 2 is 1.88 bits per heavy atom. The summed E-state index contributed by atoms with van der Waals surface area (Å²) in [5.41, 5.74) is 1.15. The first kappa shape index (κ1) is 12.3. The Hall–Kier alpha value is -1.16. The van der Waals surface area contributed by atoms with Gasteiger partial charge in [-0.3, -0.25) is 4.90 Å². The molecule has 17 heavy (non-hydrogen) atoms. The zero-order chi connectivity index (χ0) is 12.1. The zero-order valence-electron chi connectivity index (χ0n) is 10.7. The molecule has 0 amide bonds. The fourth-order valence-corrected chi connectivity index (χ4v) is 1.97. The first-order valence-corrected chi connectivity index (χ1v) is 6.43. The van der Waals surface area contributed by atoms with Crippen LogP contribution >= 0.6 is 0 Å². The van der Waals surface area contributed by atoms with Crippen molar-refractivity contribution in [2.24, 2.45) is 0 Å². The van der Waals surface area contributed by atoms with E-state index in [1.54, 1.807) is 0 Å². The van der Waals surface area contributed by atoms with Crippen LogP contribution in [0, 0.1) is 0 Å². The normalized spacial score (nSPS) is 16.6. The minimum Gasteiger partial charge on any atom is -0.462 e. The third kappa shape index (κ3) is 3.66. The molecule has 1 aliphatic heterocycles. The quantitative estimate of drug-likeness (QED) is 0.783. The standard InChI is InChI=1S/C13H21N3O/c1-11(2)12-9-14-13(15-10-12)17-8-7-16-5-3-4-6-16/h9-11H,3-8H2,1-2H3. The predicted octanol–water partition coefficient (Wildman–Crippen LogP) is 2.07.